The first kappa shape index (κ1) is 11.4. The Labute approximate surface area is 98.3 Å². The predicted octanol–water partition coefficient (Wildman–Crippen LogP) is 0.104. The van der Waals surface area contributed by atoms with Crippen molar-refractivity contribution < 1.29 is 14.7 Å². The summed E-state index contributed by atoms with van der Waals surface area (Å²) in [7, 11) is 0. The molecule has 90 valence electrons. The van der Waals surface area contributed by atoms with Crippen LogP contribution in [0.3, 0.4) is 0 Å². The predicted molar refractivity (Wildman–Crippen MR) is 61.0 cm³/mol. The van der Waals surface area contributed by atoms with Crippen molar-refractivity contribution in [3.05, 3.63) is 24.0 Å². The molecule has 1 atom stereocenters. The molecule has 1 aromatic rings. The third-order valence-electron chi connectivity index (χ3n) is 2.84. The number of pyridine rings is 1. The van der Waals surface area contributed by atoms with E-state index in [1.165, 1.54) is 12.4 Å². The molecule has 1 aliphatic rings. The van der Waals surface area contributed by atoms with E-state index in [0.29, 0.717) is 18.8 Å². The average Bonchev–Trinajstić information content (AvgIpc) is 2.33. The van der Waals surface area contributed by atoms with Crippen LogP contribution in [0.4, 0.5) is 5.69 Å². The van der Waals surface area contributed by atoms with E-state index in [9.17, 15) is 9.59 Å². The number of hydrogen-bond donors (Lipinski definition) is 2. The first-order valence-electron chi connectivity index (χ1n) is 5.33. The molecule has 0 saturated carbocycles. The van der Waals surface area contributed by atoms with Gasteiger partial charge in [0.2, 0.25) is 5.91 Å². The highest BCUT2D eigenvalue weighted by molar-refractivity contribution is 5.96. The van der Waals surface area contributed by atoms with Crippen LogP contribution in [0.25, 0.3) is 0 Å². The lowest BCUT2D eigenvalue weighted by Crippen LogP contribution is -2.54. The van der Waals surface area contributed by atoms with Crippen LogP contribution >= 0.6 is 0 Å². The lowest BCUT2D eigenvalue weighted by Gasteiger charge is -2.35. The average molecular weight is 235 g/mol. The van der Waals surface area contributed by atoms with E-state index in [1.807, 2.05) is 0 Å². The summed E-state index contributed by atoms with van der Waals surface area (Å²) in [5.74, 6) is -1.13. The minimum absolute atomic E-state index is 0.0931. The summed E-state index contributed by atoms with van der Waals surface area (Å²) >= 11 is 0. The van der Waals surface area contributed by atoms with Gasteiger partial charge in [-0.25, -0.2) is 4.79 Å². The van der Waals surface area contributed by atoms with Crippen molar-refractivity contribution in [3.8, 4) is 0 Å². The molecule has 1 aliphatic heterocycles. The number of carbonyl (C=O) groups excluding carboxylic acids is 1. The molecule has 1 unspecified atom stereocenters. The van der Waals surface area contributed by atoms with E-state index in [4.69, 9.17) is 5.11 Å². The Morgan fingerprint density at radius 2 is 2.41 bits per heavy atom. The minimum atomic E-state index is -1.04. The maximum atomic E-state index is 11.5. The summed E-state index contributed by atoms with van der Waals surface area (Å²) in [6.07, 6.45) is 2.83. The van der Waals surface area contributed by atoms with Gasteiger partial charge in [0.25, 0.3) is 0 Å². The molecule has 1 saturated heterocycles. The van der Waals surface area contributed by atoms with Crippen LogP contribution in [0.15, 0.2) is 18.5 Å². The topological polar surface area (TPSA) is 82.5 Å². The van der Waals surface area contributed by atoms with Crippen LogP contribution in [0.1, 0.15) is 17.3 Å². The Balaban J connectivity index is 2.39. The summed E-state index contributed by atoms with van der Waals surface area (Å²) in [6.45, 7) is 2.86. The lowest BCUT2D eigenvalue weighted by atomic mass is 10.1. The Bertz CT molecular complexity index is 461. The highest BCUT2D eigenvalue weighted by Gasteiger charge is 2.28. The van der Waals surface area contributed by atoms with Gasteiger partial charge in [0.05, 0.1) is 5.69 Å². The number of piperazine rings is 1. The molecular weight excluding hydrogens is 222 g/mol. The zero-order valence-corrected chi connectivity index (χ0v) is 9.38. The highest BCUT2D eigenvalue weighted by atomic mass is 16.4. The number of carbonyl (C=O) groups is 2. The maximum absolute atomic E-state index is 11.5. The van der Waals surface area contributed by atoms with Gasteiger partial charge >= 0.3 is 5.97 Å². The summed E-state index contributed by atoms with van der Waals surface area (Å²) in [5, 5.41) is 11.8. The number of aromatic carboxylic acids is 1. The van der Waals surface area contributed by atoms with Gasteiger partial charge in [-0.1, -0.05) is 0 Å². The number of nitrogens with one attached hydrogen (secondary N) is 1. The largest absolute Gasteiger partial charge is 0.478 e. The van der Waals surface area contributed by atoms with Crippen LogP contribution in [0.5, 0.6) is 0 Å². The Kier molecular flexibility index (Phi) is 2.95. The number of aromatic nitrogens is 1. The molecule has 2 N–H and O–H groups in total. The number of anilines is 1. The van der Waals surface area contributed by atoms with Crippen LogP contribution in [-0.4, -0.2) is 41.1 Å². The number of carboxylic acid groups (broad SMARTS) is 1. The monoisotopic (exact) mass is 235 g/mol. The molecule has 0 radical (unpaired) electrons. The summed E-state index contributed by atoms with van der Waals surface area (Å²) in [4.78, 5) is 28.2. The third-order valence-corrected chi connectivity index (χ3v) is 2.84. The summed E-state index contributed by atoms with van der Waals surface area (Å²) in [6, 6.07) is 1.25. The molecular formula is C11H13N3O3. The fourth-order valence-corrected chi connectivity index (χ4v) is 1.91. The molecule has 1 amide bonds. The van der Waals surface area contributed by atoms with Crippen molar-refractivity contribution in [1.29, 1.82) is 0 Å². The Morgan fingerprint density at radius 1 is 1.65 bits per heavy atom. The third kappa shape index (κ3) is 2.06. The van der Waals surface area contributed by atoms with Crippen LogP contribution in [-0.2, 0) is 4.79 Å². The van der Waals surface area contributed by atoms with Gasteiger partial charge in [-0.2, -0.15) is 0 Å². The molecule has 2 heterocycles. The molecule has 0 bridgehead atoms. The normalized spacial score (nSPS) is 19.9. The first-order valence-corrected chi connectivity index (χ1v) is 5.33. The number of rotatable bonds is 2. The first-order chi connectivity index (χ1) is 8.11. The van der Waals surface area contributed by atoms with Crippen molar-refractivity contribution in [3.63, 3.8) is 0 Å². The minimum Gasteiger partial charge on any atom is -0.478 e. The van der Waals surface area contributed by atoms with E-state index in [2.05, 4.69) is 10.3 Å². The SMILES string of the molecule is CC1C(=O)NCCN1c1ccncc1C(=O)O. The molecule has 0 aliphatic carbocycles. The number of carboxylic acids is 1. The summed E-state index contributed by atoms with van der Waals surface area (Å²) in [5.41, 5.74) is 0.656. The van der Waals surface area contributed by atoms with Crippen molar-refractivity contribution >= 4 is 17.6 Å². The van der Waals surface area contributed by atoms with E-state index in [-0.39, 0.29) is 17.5 Å². The van der Waals surface area contributed by atoms with E-state index in [1.54, 1.807) is 17.9 Å². The van der Waals surface area contributed by atoms with Gasteiger partial charge in [-0.3, -0.25) is 9.78 Å². The van der Waals surface area contributed by atoms with Crippen molar-refractivity contribution in [2.24, 2.45) is 0 Å². The fraction of sp³-hybridized carbons (Fsp3) is 0.364. The van der Waals surface area contributed by atoms with Crippen LogP contribution in [0, 0.1) is 0 Å². The number of hydrogen-bond acceptors (Lipinski definition) is 4. The Hall–Kier alpha value is -2.11. The van der Waals surface area contributed by atoms with E-state index >= 15 is 0 Å². The van der Waals surface area contributed by atoms with Crippen molar-refractivity contribution in [2.75, 3.05) is 18.0 Å². The molecule has 1 aromatic heterocycles. The zero-order valence-electron chi connectivity index (χ0n) is 9.38. The summed E-state index contributed by atoms with van der Waals surface area (Å²) < 4.78 is 0. The van der Waals surface area contributed by atoms with Gasteiger partial charge in [0.15, 0.2) is 0 Å². The zero-order chi connectivity index (χ0) is 12.4. The van der Waals surface area contributed by atoms with Gasteiger partial charge in [-0.05, 0) is 13.0 Å². The Morgan fingerprint density at radius 3 is 3.12 bits per heavy atom. The molecule has 6 heteroatoms. The second-order valence-electron chi connectivity index (χ2n) is 3.86. The molecule has 17 heavy (non-hydrogen) atoms. The molecule has 0 spiro atoms. The smallest absolute Gasteiger partial charge is 0.339 e. The van der Waals surface area contributed by atoms with E-state index < -0.39 is 5.97 Å². The van der Waals surface area contributed by atoms with Gasteiger partial charge in [0.1, 0.15) is 11.6 Å². The van der Waals surface area contributed by atoms with Gasteiger partial charge < -0.3 is 15.3 Å². The van der Waals surface area contributed by atoms with Crippen molar-refractivity contribution in [1.82, 2.24) is 10.3 Å². The second kappa shape index (κ2) is 4.40. The maximum Gasteiger partial charge on any atom is 0.339 e. The molecule has 1 fully saturated rings. The van der Waals surface area contributed by atoms with E-state index in [0.717, 1.165) is 0 Å². The molecule has 0 aromatic carbocycles. The van der Waals surface area contributed by atoms with Crippen LogP contribution < -0.4 is 10.2 Å². The van der Waals surface area contributed by atoms with Gasteiger partial charge in [-0.15, -0.1) is 0 Å². The number of nitrogens with zero attached hydrogens (tertiary/aromatic N) is 2. The molecule has 2 rings (SSSR count). The number of amides is 1. The quantitative estimate of drug-likeness (QED) is 0.760. The fourth-order valence-electron chi connectivity index (χ4n) is 1.91. The lowest BCUT2D eigenvalue weighted by molar-refractivity contribution is -0.122. The second-order valence-corrected chi connectivity index (χ2v) is 3.86. The van der Waals surface area contributed by atoms with Crippen molar-refractivity contribution in [2.45, 2.75) is 13.0 Å². The van der Waals surface area contributed by atoms with Crippen LogP contribution in [0.2, 0.25) is 0 Å². The highest BCUT2D eigenvalue weighted by Crippen LogP contribution is 2.22. The standard InChI is InChI=1S/C11H13N3O3/c1-7-10(15)13-4-5-14(7)9-2-3-12-6-8(9)11(16)17/h2-3,6-7H,4-5H2,1H3,(H,13,15)(H,16,17). The molecule has 6 nitrogen and oxygen atoms in total. The van der Waals surface area contributed by atoms with Gasteiger partial charge in [0, 0.05) is 25.5 Å².